The molecule has 1 aliphatic heterocycles. The number of methoxy groups -OCH3 is 1. The summed E-state index contributed by atoms with van der Waals surface area (Å²) in [6.45, 7) is 4.42. The van der Waals surface area contributed by atoms with Gasteiger partial charge >= 0.3 is 0 Å². The number of rotatable bonds is 3. The van der Waals surface area contributed by atoms with Crippen molar-refractivity contribution in [2.24, 2.45) is 0 Å². The quantitative estimate of drug-likeness (QED) is 0.864. The summed E-state index contributed by atoms with van der Waals surface area (Å²) in [7, 11) is 1.57. The molecule has 0 fully saturated rings. The molecular formula is C14H18N4O3. The highest BCUT2D eigenvalue weighted by molar-refractivity contribution is 6.04. The molecule has 2 aromatic heterocycles. The lowest BCUT2D eigenvalue weighted by molar-refractivity contribution is 0.0957. The van der Waals surface area contributed by atoms with E-state index in [0.717, 1.165) is 12.2 Å². The second-order valence-corrected chi connectivity index (χ2v) is 5.35. The van der Waals surface area contributed by atoms with Crippen molar-refractivity contribution in [1.82, 2.24) is 14.9 Å². The second kappa shape index (κ2) is 5.33. The van der Waals surface area contributed by atoms with Crippen molar-refractivity contribution in [1.29, 1.82) is 0 Å². The molecule has 7 heteroatoms. The number of carbonyl (C=O) groups is 1. The number of hydrogen-bond acceptors (Lipinski definition) is 5. The molecule has 0 aliphatic carbocycles. The zero-order valence-electron chi connectivity index (χ0n) is 12.3. The summed E-state index contributed by atoms with van der Waals surface area (Å²) in [5.74, 6) is 1.15. The maximum Gasteiger partial charge on any atom is 0.281 e. The largest absolute Gasteiger partial charge is 0.377 e. The molecule has 0 N–H and O–H groups in total. The lowest BCUT2D eigenvalue weighted by atomic mass is 10.1. The summed E-state index contributed by atoms with van der Waals surface area (Å²) in [5, 5.41) is 8.14. The minimum absolute atomic E-state index is 0.0827. The molecule has 0 aromatic carbocycles. The number of aromatic nitrogens is 3. The summed E-state index contributed by atoms with van der Waals surface area (Å²) in [6.07, 6.45) is 2.56. The van der Waals surface area contributed by atoms with Crippen LogP contribution in [0.25, 0.3) is 0 Å². The predicted molar refractivity (Wildman–Crippen MR) is 75.0 cm³/mol. The molecule has 2 atom stereocenters. The Labute approximate surface area is 122 Å². The van der Waals surface area contributed by atoms with Crippen molar-refractivity contribution >= 4 is 11.7 Å². The van der Waals surface area contributed by atoms with E-state index in [1.807, 2.05) is 17.7 Å². The number of hydrogen-bond donors (Lipinski definition) is 0. The predicted octanol–water partition coefficient (Wildman–Crippen LogP) is 2.02. The maximum absolute atomic E-state index is 12.7. The molecule has 1 aliphatic rings. The van der Waals surface area contributed by atoms with Crippen molar-refractivity contribution in [3.05, 3.63) is 29.8 Å². The third-order valence-corrected chi connectivity index (χ3v) is 3.72. The molecule has 0 unspecified atom stereocenters. The van der Waals surface area contributed by atoms with Gasteiger partial charge in [0.25, 0.3) is 5.91 Å². The minimum atomic E-state index is -0.178. The first-order valence-electron chi connectivity index (χ1n) is 6.93. The van der Waals surface area contributed by atoms with Crippen molar-refractivity contribution in [2.75, 3.05) is 12.0 Å². The molecule has 1 amide bonds. The fourth-order valence-corrected chi connectivity index (χ4v) is 2.81. The van der Waals surface area contributed by atoms with Crippen molar-refractivity contribution in [3.63, 3.8) is 0 Å². The van der Waals surface area contributed by atoms with E-state index in [2.05, 4.69) is 17.2 Å². The molecule has 0 saturated heterocycles. The van der Waals surface area contributed by atoms with E-state index in [4.69, 9.17) is 9.26 Å². The van der Waals surface area contributed by atoms with Crippen LogP contribution in [0.2, 0.25) is 0 Å². The van der Waals surface area contributed by atoms with Crippen LogP contribution in [0.3, 0.4) is 0 Å². The van der Waals surface area contributed by atoms with E-state index >= 15 is 0 Å². The Balaban J connectivity index is 1.92. The van der Waals surface area contributed by atoms with Crippen LogP contribution in [-0.4, -0.2) is 34.0 Å². The number of ether oxygens (including phenoxy) is 1. The van der Waals surface area contributed by atoms with Gasteiger partial charge in [0.15, 0.2) is 11.5 Å². The average Bonchev–Trinajstić information content (AvgIpc) is 3.08. The molecule has 7 nitrogen and oxygen atoms in total. The van der Waals surface area contributed by atoms with Crippen LogP contribution >= 0.6 is 0 Å². The molecule has 0 radical (unpaired) electrons. The van der Waals surface area contributed by atoms with Gasteiger partial charge < -0.3 is 9.26 Å². The number of amides is 1. The van der Waals surface area contributed by atoms with Gasteiger partial charge in [-0.3, -0.25) is 9.69 Å². The molecule has 2 aromatic rings. The molecule has 21 heavy (non-hydrogen) atoms. The van der Waals surface area contributed by atoms with Crippen LogP contribution in [0.15, 0.2) is 22.9 Å². The topological polar surface area (TPSA) is 73.4 Å². The van der Waals surface area contributed by atoms with Crippen LogP contribution in [0, 0.1) is 0 Å². The molecule has 3 heterocycles. The molecule has 112 valence electrons. The highest BCUT2D eigenvalue weighted by Crippen LogP contribution is 2.32. The van der Waals surface area contributed by atoms with Crippen LogP contribution < -0.4 is 4.90 Å². The summed E-state index contributed by atoms with van der Waals surface area (Å²) < 4.78 is 11.9. The highest BCUT2D eigenvalue weighted by atomic mass is 16.5. The van der Waals surface area contributed by atoms with Crippen molar-refractivity contribution in [2.45, 2.75) is 39.0 Å². The van der Waals surface area contributed by atoms with Gasteiger partial charge in [-0.2, -0.15) is 5.10 Å². The Morgan fingerprint density at radius 3 is 3.05 bits per heavy atom. The zero-order valence-corrected chi connectivity index (χ0v) is 12.3. The number of anilines is 1. The average molecular weight is 290 g/mol. The van der Waals surface area contributed by atoms with Gasteiger partial charge in [0.1, 0.15) is 12.4 Å². The first kappa shape index (κ1) is 13.8. The Morgan fingerprint density at radius 1 is 1.48 bits per heavy atom. The van der Waals surface area contributed by atoms with Gasteiger partial charge in [-0.15, -0.1) is 0 Å². The van der Waals surface area contributed by atoms with Gasteiger partial charge in [0, 0.05) is 25.3 Å². The molecule has 0 saturated carbocycles. The van der Waals surface area contributed by atoms with Crippen LogP contribution in [0.1, 0.15) is 42.6 Å². The number of carbonyl (C=O) groups excluding carboxylic acids is 1. The zero-order chi connectivity index (χ0) is 15.0. The molecule has 0 spiro atoms. The normalized spacial score (nSPS) is 21.4. The summed E-state index contributed by atoms with van der Waals surface area (Å²) in [6, 6.07) is 3.83. The van der Waals surface area contributed by atoms with Crippen LogP contribution in [0.5, 0.6) is 0 Å². The van der Waals surface area contributed by atoms with Gasteiger partial charge in [0.05, 0.1) is 12.2 Å². The molecular weight excluding hydrogens is 272 g/mol. The van der Waals surface area contributed by atoms with E-state index in [-0.39, 0.29) is 23.7 Å². The fraction of sp³-hybridized carbons (Fsp3) is 0.500. The van der Waals surface area contributed by atoms with E-state index in [9.17, 15) is 4.79 Å². The Bertz CT molecular complexity index is 648. The Kier molecular flexibility index (Phi) is 3.50. The lowest BCUT2D eigenvalue weighted by Crippen LogP contribution is -2.45. The highest BCUT2D eigenvalue weighted by Gasteiger charge is 2.34. The third-order valence-electron chi connectivity index (χ3n) is 3.72. The first-order chi connectivity index (χ1) is 10.1. The molecule has 0 bridgehead atoms. The lowest BCUT2D eigenvalue weighted by Gasteiger charge is -2.36. The Morgan fingerprint density at radius 2 is 2.29 bits per heavy atom. The summed E-state index contributed by atoms with van der Waals surface area (Å²) in [5.41, 5.74) is 0.288. The standard InChI is InChI=1S/C14H18N4O3/c1-9-6-10(2)18-13(4-5-15-18)17(9)14(19)12-7-11(8-20-3)21-16-12/h4-5,7,9-10H,6,8H2,1-3H3/t9-,10+/m1/s1. The number of fused-ring (bicyclic) bond motifs is 1. The summed E-state index contributed by atoms with van der Waals surface area (Å²) in [4.78, 5) is 14.4. The van der Waals surface area contributed by atoms with E-state index < -0.39 is 0 Å². The monoisotopic (exact) mass is 290 g/mol. The smallest absolute Gasteiger partial charge is 0.281 e. The van der Waals surface area contributed by atoms with Crippen molar-refractivity contribution in [3.8, 4) is 0 Å². The fourth-order valence-electron chi connectivity index (χ4n) is 2.81. The SMILES string of the molecule is COCc1cc(C(=O)N2c3ccnn3[C@@H](C)C[C@H]2C)no1. The molecule has 3 rings (SSSR count). The van der Waals surface area contributed by atoms with Crippen LogP contribution in [0.4, 0.5) is 5.82 Å². The van der Waals surface area contributed by atoms with E-state index in [0.29, 0.717) is 12.4 Å². The van der Waals surface area contributed by atoms with Crippen molar-refractivity contribution < 1.29 is 14.1 Å². The van der Waals surface area contributed by atoms with Gasteiger partial charge in [-0.05, 0) is 20.3 Å². The third kappa shape index (κ3) is 2.33. The van der Waals surface area contributed by atoms with E-state index in [1.165, 1.54) is 0 Å². The minimum Gasteiger partial charge on any atom is -0.377 e. The first-order valence-corrected chi connectivity index (χ1v) is 6.93. The van der Waals surface area contributed by atoms with Crippen LogP contribution in [-0.2, 0) is 11.3 Å². The van der Waals surface area contributed by atoms with E-state index in [1.54, 1.807) is 24.3 Å². The van der Waals surface area contributed by atoms with Gasteiger partial charge in [-0.25, -0.2) is 4.68 Å². The maximum atomic E-state index is 12.7. The van der Waals surface area contributed by atoms with Gasteiger partial charge in [-0.1, -0.05) is 5.16 Å². The Hall–Kier alpha value is -2.15. The summed E-state index contributed by atoms with van der Waals surface area (Å²) >= 11 is 0. The van der Waals surface area contributed by atoms with Gasteiger partial charge in [0.2, 0.25) is 0 Å². The second-order valence-electron chi connectivity index (χ2n) is 5.35. The number of nitrogens with zero attached hydrogens (tertiary/aromatic N) is 4.